The number of anilines is 3. The SMILES string of the molecule is [C-]#[N+]c1ccc(C#N)c(N2c3ccccc3Sc3ccccc32)c1. The maximum atomic E-state index is 9.55. The summed E-state index contributed by atoms with van der Waals surface area (Å²) in [6, 6.07) is 23.7. The monoisotopic (exact) mass is 325 g/mol. The molecule has 0 atom stereocenters. The zero-order valence-electron chi connectivity index (χ0n) is 12.6. The van der Waals surface area contributed by atoms with Crippen molar-refractivity contribution in [3.63, 3.8) is 0 Å². The van der Waals surface area contributed by atoms with Gasteiger partial charge in [-0.3, -0.25) is 0 Å². The van der Waals surface area contributed by atoms with Crippen LogP contribution in [0.3, 0.4) is 0 Å². The van der Waals surface area contributed by atoms with Crippen LogP contribution in [0.1, 0.15) is 5.56 Å². The van der Waals surface area contributed by atoms with E-state index in [9.17, 15) is 5.26 Å². The first-order valence-electron chi connectivity index (χ1n) is 7.39. The molecule has 0 radical (unpaired) electrons. The average Bonchev–Trinajstić information content (AvgIpc) is 2.65. The smallest absolute Gasteiger partial charge is 0.189 e. The number of hydrogen-bond acceptors (Lipinski definition) is 3. The zero-order chi connectivity index (χ0) is 16.5. The van der Waals surface area contributed by atoms with Gasteiger partial charge in [-0.1, -0.05) is 48.2 Å². The largest absolute Gasteiger partial charge is 0.308 e. The Bertz CT molecular complexity index is 982. The van der Waals surface area contributed by atoms with Crippen LogP contribution in [-0.4, -0.2) is 0 Å². The van der Waals surface area contributed by atoms with Crippen molar-refractivity contribution in [2.24, 2.45) is 0 Å². The normalized spacial score (nSPS) is 11.8. The summed E-state index contributed by atoms with van der Waals surface area (Å²) < 4.78 is 0. The quantitative estimate of drug-likeness (QED) is 0.400. The Morgan fingerprint density at radius 3 is 2.08 bits per heavy atom. The van der Waals surface area contributed by atoms with Gasteiger partial charge in [0.15, 0.2) is 5.69 Å². The van der Waals surface area contributed by atoms with Crippen LogP contribution in [0.4, 0.5) is 22.7 Å². The van der Waals surface area contributed by atoms with Crippen LogP contribution in [0.25, 0.3) is 4.85 Å². The van der Waals surface area contributed by atoms with Crippen molar-refractivity contribution >= 4 is 34.5 Å². The highest BCUT2D eigenvalue weighted by atomic mass is 32.2. The third-order valence-corrected chi connectivity index (χ3v) is 5.03. The van der Waals surface area contributed by atoms with Gasteiger partial charge in [-0.15, -0.1) is 0 Å². The van der Waals surface area contributed by atoms with Crippen LogP contribution < -0.4 is 4.90 Å². The third-order valence-electron chi connectivity index (χ3n) is 3.90. The molecule has 0 fully saturated rings. The molecule has 1 aliphatic rings. The molecule has 112 valence electrons. The van der Waals surface area contributed by atoms with Gasteiger partial charge in [0.1, 0.15) is 6.07 Å². The van der Waals surface area contributed by atoms with Gasteiger partial charge < -0.3 is 4.90 Å². The Morgan fingerprint density at radius 2 is 1.50 bits per heavy atom. The lowest BCUT2D eigenvalue weighted by atomic mass is 10.1. The third kappa shape index (κ3) is 2.22. The number of fused-ring (bicyclic) bond motifs is 2. The molecule has 0 saturated heterocycles. The van der Waals surface area contributed by atoms with Crippen molar-refractivity contribution < 1.29 is 0 Å². The van der Waals surface area contributed by atoms with Gasteiger partial charge in [-0.05, 0) is 30.3 Å². The van der Waals surface area contributed by atoms with Gasteiger partial charge in [0, 0.05) is 9.79 Å². The van der Waals surface area contributed by atoms with Gasteiger partial charge in [-0.2, -0.15) is 5.26 Å². The number of para-hydroxylation sites is 2. The van der Waals surface area contributed by atoms with E-state index in [1.54, 1.807) is 30.0 Å². The Hall–Kier alpha value is -3.21. The van der Waals surface area contributed by atoms with Crippen molar-refractivity contribution in [2.75, 3.05) is 4.90 Å². The fourth-order valence-corrected chi connectivity index (χ4v) is 3.89. The number of benzene rings is 3. The number of rotatable bonds is 1. The van der Waals surface area contributed by atoms with E-state index in [0.29, 0.717) is 11.3 Å². The molecule has 4 rings (SSSR count). The van der Waals surface area contributed by atoms with Gasteiger partial charge in [0.05, 0.1) is 29.2 Å². The van der Waals surface area contributed by atoms with Gasteiger partial charge in [0.2, 0.25) is 0 Å². The summed E-state index contributed by atoms with van der Waals surface area (Å²) in [5.74, 6) is 0. The lowest BCUT2D eigenvalue weighted by molar-refractivity contribution is 1.16. The molecule has 1 heterocycles. The Kier molecular flexibility index (Phi) is 3.46. The standard InChI is InChI=1S/C20H11N3S/c1-22-15-11-10-14(13-21)18(12-15)23-16-6-2-4-8-19(16)24-20-9-5-3-7-17(20)23/h2-12H. The van der Waals surface area contributed by atoms with E-state index in [0.717, 1.165) is 26.9 Å². The van der Waals surface area contributed by atoms with E-state index in [4.69, 9.17) is 6.57 Å². The molecule has 3 nitrogen and oxygen atoms in total. The topological polar surface area (TPSA) is 31.4 Å². The average molecular weight is 325 g/mol. The van der Waals surface area contributed by atoms with E-state index in [1.807, 2.05) is 36.4 Å². The lowest BCUT2D eigenvalue weighted by Crippen LogP contribution is -2.15. The fourth-order valence-electron chi connectivity index (χ4n) is 2.83. The molecular weight excluding hydrogens is 314 g/mol. The highest BCUT2D eigenvalue weighted by molar-refractivity contribution is 7.99. The molecule has 0 bridgehead atoms. The molecule has 0 aliphatic carbocycles. The van der Waals surface area contributed by atoms with Gasteiger partial charge >= 0.3 is 0 Å². The van der Waals surface area contributed by atoms with Crippen molar-refractivity contribution in [2.45, 2.75) is 9.79 Å². The summed E-state index contributed by atoms with van der Waals surface area (Å²) in [6.07, 6.45) is 0. The summed E-state index contributed by atoms with van der Waals surface area (Å²) in [7, 11) is 0. The summed E-state index contributed by atoms with van der Waals surface area (Å²) in [5.41, 5.74) is 3.88. The summed E-state index contributed by atoms with van der Waals surface area (Å²) >= 11 is 1.72. The predicted octanol–water partition coefficient (Wildman–Crippen LogP) is 6.04. The van der Waals surface area contributed by atoms with Gasteiger partial charge in [0.25, 0.3) is 0 Å². The molecule has 4 heteroatoms. The van der Waals surface area contributed by atoms with Crippen molar-refractivity contribution in [3.05, 3.63) is 83.7 Å². The summed E-state index contributed by atoms with van der Waals surface area (Å²) in [6.45, 7) is 7.29. The van der Waals surface area contributed by atoms with E-state index in [2.05, 4.69) is 27.9 Å². The van der Waals surface area contributed by atoms with Crippen LogP contribution in [0.2, 0.25) is 0 Å². The van der Waals surface area contributed by atoms with Gasteiger partial charge in [-0.25, -0.2) is 4.85 Å². The van der Waals surface area contributed by atoms with Crippen LogP contribution >= 0.6 is 11.8 Å². The van der Waals surface area contributed by atoms with E-state index >= 15 is 0 Å². The minimum atomic E-state index is 0.525. The highest BCUT2D eigenvalue weighted by Crippen LogP contribution is 2.52. The first-order chi connectivity index (χ1) is 11.8. The molecule has 1 aliphatic heterocycles. The van der Waals surface area contributed by atoms with E-state index < -0.39 is 0 Å². The molecule has 0 N–H and O–H groups in total. The molecular formula is C20H11N3S. The minimum absolute atomic E-state index is 0.525. The lowest BCUT2D eigenvalue weighted by Gasteiger charge is -2.33. The molecule has 24 heavy (non-hydrogen) atoms. The fraction of sp³-hybridized carbons (Fsp3) is 0. The molecule has 3 aromatic rings. The second-order valence-electron chi connectivity index (χ2n) is 5.30. The Morgan fingerprint density at radius 1 is 0.875 bits per heavy atom. The predicted molar refractivity (Wildman–Crippen MR) is 96.2 cm³/mol. The zero-order valence-corrected chi connectivity index (χ0v) is 13.4. The van der Waals surface area contributed by atoms with Crippen LogP contribution in [0.15, 0.2) is 76.5 Å². The second-order valence-corrected chi connectivity index (χ2v) is 6.38. The van der Waals surface area contributed by atoms with Crippen LogP contribution in [0, 0.1) is 17.9 Å². The summed E-state index contributed by atoms with van der Waals surface area (Å²) in [4.78, 5) is 7.87. The van der Waals surface area contributed by atoms with Crippen LogP contribution in [-0.2, 0) is 0 Å². The maximum Gasteiger partial charge on any atom is 0.189 e. The molecule has 0 aromatic heterocycles. The van der Waals surface area contributed by atoms with Crippen LogP contribution in [0.5, 0.6) is 0 Å². The van der Waals surface area contributed by atoms with Crippen molar-refractivity contribution in [1.29, 1.82) is 5.26 Å². The summed E-state index contributed by atoms with van der Waals surface area (Å²) in [5, 5.41) is 9.55. The number of nitriles is 1. The Balaban J connectivity index is 2.03. The first kappa shape index (κ1) is 14.4. The van der Waals surface area contributed by atoms with Crippen molar-refractivity contribution in [1.82, 2.24) is 0 Å². The number of hydrogen-bond donors (Lipinski definition) is 0. The molecule has 3 aromatic carbocycles. The first-order valence-corrected chi connectivity index (χ1v) is 8.21. The molecule has 0 unspecified atom stereocenters. The molecule has 0 spiro atoms. The van der Waals surface area contributed by atoms with E-state index in [-0.39, 0.29) is 0 Å². The maximum absolute atomic E-state index is 9.55. The molecule has 0 saturated carbocycles. The molecule has 0 amide bonds. The Labute approximate surface area is 144 Å². The van der Waals surface area contributed by atoms with E-state index in [1.165, 1.54) is 0 Å². The second kappa shape index (κ2) is 5.77. The number of nitrogens with zero attached hydrogens (tertiary/aromatic N) is 3. The minimum Gasteiger partial charge on any atom is -0.308 e. The highest BCUT2D eigenvalue weighted by Gasteiger charge is 2.25. The van der Waals surface area contributed by atoms with Crippen molar-refractivity contribution in [3.8, 4) is 6.07 Å².